The molecule has 22 heavy (non-hydrogen) atoms. The maximum Gasteiger partial charge on any atom is 0.274 e. The molecule has 1 amide bonds. The van der Waals surface area contributed by atoms with Gasteiger partial charge in [-0.05, 0) is 25.7 Å². The minimum atomic E-state index is 0.0889. The average molecular weight is 299 g/mol. The molecule has 0 radical (unpaired) electrons. The first-order valence-corrected chi connectivity index (χ1v) is 8.14. The summed E-state index contributed by atoms with van der Waals surface area (Å²) >= 11 is 0. The molecule has 2 aliphatic heterocycles. The quantitative estimate of drug-likeness (QED) is 0.851. The van der Waals surface area contributed by atoms with E-state index in [0.717, 1.165) is 44.7 Å². The number of aryl methyl sites for hydroxylation is 2. The van der Waals surface area contributed by atoms with Crippen molar-refractivity contribution in [2.75, 3.05) is 13.1 Å². The van der Waals surface area contributed by atoms with Crippen LogP contribution in [0.25, 0.3) is 0 Å². The highest BCUT2D eigenvalue weighted by atomic mass is 16.2. The summed E-state index contributed by atoms with van der Waals surface area (Å²) in [7, 11) is 0. The van der Waals surface area contributed by atoms with E-state index in [4.69, 9.17) is 0 Å². The van der Waals surface area contributed by atoms with Crippen LogP contribution in [0, 0.1) is 0 Å². The van der Waals surface area contributed by atoms with Gasteiger partial charge in [0.05, 0.1) is 6.33 Å². The van der Waals surface area contributed by atoms with Crippen LogP contribution in [0.1, 0.15) is 48.0 Å². The molecule has 2 aliphatic rings. The largest absolute Gasteiger partial charge is 0.337 e. The summed E-state index contributed by atoms with van der Waals surface area (Å²) in [4.78, 5) is 23.2. The van der Waals surface area contributed by atoms with Crippen LogP contribution in [-0.2, 0) is 13.0 Å². The Balaban J connectivity index is 1.42. The molecule has 0 aromatic carbocycles. The molecule has 0 atom stereocenters. The van der Waals surface area contributed by atoms with Gasteiger partial charge in [0.15, 0.2) is 0 Å². The van der Waals surface area contributed by atoms with Crippen LogP contribution >= 0.6 is 0 Å². The SMILES string of the molecule is O=C(c1cn2c(n1)CCCC2)N1CCC(n2ccnc2)CC1. The van der Waals surface area contributed by atoms with Gasteiger partial charge in [0.2, 0.25) is 0 Å². The molecule has 0 saturated carbocycles. The fourth-order valence-electron chi connectivity index (χ4n) is 3.53. The number of amides is 1. The molecule has 116 valence electrons. The van der Waals surface area contributed by atoms with Gasteiger partial charge in [0, 0.05) is 50.7 Å². The highest BCUT2D eigenvalue weighted by molar-refractivity contribution is 5.92. The standard InChI is InChI=1S/C16H21N5O/c22-16(14-11-20-7-2-1-3-15(20)18-14)19-8-4-13(5-9-19)21-10-6-17-12-21/h6,10-13H,1-5,7-9H2. The highest BCUT2D eigenvalue weighted by Crippen LogP contribution is 2.23. The van der Waals surface area contributed by atoms with Crippen molar-refractivity contribution in [3.05, 3.63) is 36.4 Å². The van der Waals surface area contributed by atoms with E-state index < -0.39 is 0 Å². The Morgan fingerprint density at radius 1 is 1.18 bits per heavy atom. The summed E-state index contributed by atoms with van der Waals surface area (Å²) in [5.74, 6) is 1.16. The third-order valence-corrected chi connectivity index (χ3v) is 4.83. The summed E-state index contributed by atoms with van der Waals surface area (Å²) in [6.45, 7) is 2.59. The van der Waals surface area contributed by atoms with Crippen molar-refractivity contribution in [3.63, 3.8) is 0 Å². The number of likely N-dealkylation sites (tertiary alicyclic amines) is 1. The van der Waals surface area contributed by atoms with Crippen molar-refractivity contribution in [2.24, 2.45) is 0 Å². The number of hydrogen-bond donors (Lipinski definition) is 0. The van der Waals surface area contributed by atoms with Crippen molar-refractivity contribution in [3.8, 4) is 0 Å². The summed E-state index contributed by atoms with van der Waals surface area (Å²) < 4.78 is 4.30. The minimum absolute atomic E-state index is 0.0889. The molecule has 2 aromatic heterocycles. The Morgan fingerprint density at radius 3 is 2.77 bits per heavy atom. The number of nitrogens with zero attached hydrogens (tertiary/aromatic N) is 5. The molecule has 6 heteroatoms. The predicted molar refractivity (Wildman–Crippen MR) is 81.6 cm³/mol. The monoisotopic (exact) mass is 299 g/mol. The number of imidazole rings is 2. The Kier molecular flexibility index (Phi) is 3.44. The lowest BCUT2D eigenvalue weighted by Gasteiger charge is -2.32. The highest BCUT2D eigenvalue weighted by Gasteiger charge is 2.26. The van der Waals surface area contributed by atoms with Gasteiger partial charge in [-0.1, -0.05) is 0 Å². The van der Waals surface area contributed by atoms with Gasteiger partial charge < -0.3 is 14.0 Å². The maximum absolute atomic E-state index is 12.6. The van der Waals surface area contributed by atoms with E-state index in [1.54, 1.807) is 0 Å². The number of aromatic nitrogens is 4. The van der Waals surface area contributed by atoms with Gasteiger partial charge in [-0.15, -0.1) is 0 Å². The minimum Gasteiger partial charge on any atom is -0.337 e. The zero-order valence-electron chi connectivity index (χ0n) is 12.7. The first-order valence-electron chi connectivity index (χ1n) is 8.14. The van der Waals surface area contributed by atoms with E-state index >= 15 is 0 Å². The molecule has 4 rings (SSSR count). The van der Waals surface area contributed by atoms with Crippen LogP contribution in [0.4, 0.5) is 0 Å². The summed E-state index contributed by atoms with van der Waals surface area (Å²) in [6.07, 6.45) is 13.0. The van der Waals surface area contributed by atoms with Crippen LogP contribution in [0.15, 0.2) is 24.9 Å². The van der Waals surface area contributed by atoms with Gasteiger partial charge >= 0.3 is 0 Å². The second-order valence-corrected chi connectivity index (χ2v) is 6.23. The van der Waals surface area contributed by atoms with Crippen LogP contribution in [0.2, 0.25) is 0 Å². The summed E-state index contributed by atoms with van der Waals surface area (Å²) in [5.41, 5.74) is 0.623. The van der Waals surface area contributed by atoms with Gasteiger partial charge in [0.1, 0.15) is 11.5 Å². The van der Waals surface area contributed by atoms with Crippen molar-refractivity contribution in [1.29, 1.82) is 0 Å². The fraction of sp³-hybridized carbons (Fsp3) is 0.562. The summed E-state index contributed by atoms with van der Waals surface area (Å²) in [6, 6.07) is 0.460. The van der Waals surface area contributed by atoms with Crippen molar-refractivity contribution in [1.82, 2.24) is 24.0 Å². The molecular weight excluding hydrogens is 278 g/mol. The number of fused-ring (bicyclic) bond motifs is 1. The average Bonchev–Trinajstić information content (AvgIpc) is 3.23. The van der Waals surface area contributed by atoms with E-state index in [2.05, 4.69) is 19.1 Å². The topological polar surface area (TPSA) is 56.0 Å². The Hall–Kier alpha value is -2.11. The Labute approximate surface area is 129 Å². The number of hydrogen-bond acceptors (Lipinski definition) is 3. The Morgan fingerprint density at radius 2 is 2.05 bits per heavy atom. The molecule has 6 nitrogen and oxygen atoms in total. The predicted octanol–water partition coefficient (Wildman–Crippen LogP) is 1.89. The van der Waals surface area contributed by atoms with E-state index in [-0.39, 0.29) is 5.91 Å². The zero-order chi connectivity index (χ0) is 14.9. The molecule has 0 spiro atoms. The Bertz CT molecular complexity index is 629. The molecule has 0 bridgehead atoms. The van der Waals surface area contributed by atoms with E-state index in [1.165, 1.54) is 12.8 Å². The first kappa shape index (κ1) is 13.5. The van der Waals surface area contributed by atoms with Crippen molar-refractivity contribution >= 4 is 5.91 Å². The molecular formula is C16H21N5O. The maximum atomic E-state index is 12.6. The van der Waals surface area contributed by atoms with Gasteiger partial charge in [-0.3, -0.25) is 4.79 Å². The van der Waals surface area contributed by atoms with Crippen molar-refractivity contribution < 1.29 is 4.79 Å². The molecule has 1 saturated heterocycles. The smallest absolute Gasteiger partial charge is 0.274 e. The van der Waals surface area contributed by atoms with E-state index in [0.29, 0.717) is 11.7 Å². The second-order valence-electron chi connectivity index (χ2n) is 6.23. The fourth-order valence-corrected chi connectivity index (χ4v) is 3.53. The van der Waals surface area contributed by atoms with Gasteiger partial charge in [-0.2, -0.15) is 0 Å². The van der Waals surface area contributed by atoms with Crippen LogP contribution in [-0.4, -0.2) is 43.0 Å². The van der Waals surface area contributed by atoms with Crippen LogP contribution in [0.5, 0.6) is 0 Å². The number of rotatable bonds is 2. The molecule has 1 fully saturated rings. The third kappa shape index (κ3) is 2.42. The van der Waals surface area contributed by atoms with Crippen LogP contribution < -0.4 is 0 Å². The molecule has 0 unspecified atom stereocenters. The van der Waals surface area contributed by atoms with Crippen molar-refractivity contribution in [2.45, 2.75) is 44.7 Å². The molecule has 0 N–H and O–H groups in total. The van der Waals surface area contributed by atoms with E-state index in [9.17, 15) is 4.79 Å². The number of carbonyl (C=O) groups is 1. The van der Waals surface area contributed by atoms with E-state index in [1.807, 2.05) is 29.8 Å². The molecule has 4 heterocycles. The lowest BCUT2D eigenvalue weighted by molar-refractivity contribution is 0.0689. The second kappa shape index (κ2) is 5.59. The number of piperidine rings is 1. The molecule has 0 aliphatic carbocycles. The molecule has 2 aromatic rings. The number of carbonyl (C=O) groups excluding carboxylic acids is 1. The third-order valence-electron chi connectivity index (χ3n) is 4.83. The van der Waals surface area contributed by atoms with Crippen LogP contribution in [0.3, 0.4) is 0 Å². The van der Waals surface area contributed by atoms with Gasteiger partial charge in [0.25, 0.3) is 5.91 Å². The zero-order valence-corrected chi connectivity index (χ0v) is 12.7. The lowest BCUT2D eigenvalue weighted by atomic mass is 10.0. The van der Waals surface area contributed by atoms with Gasteiger partial charge in [-0.25, -0.2) is 9.97 Å². The first-order chi connectivity index (χ1) is 10.8. The lowest BCUT2D eigenvalue weighted by Crippen LogP contribution is -2.39. The summed E-state index contributed by atoms with van der Waals surface area (Å²) in [5, 5.41) is 0. The normalized spacial score (nSPS) is 19.2.